The Kier molecular flexibility index (Phi) is 6.84. The second-order valence-electron chi connectivity index (χ2n) is 7.03. The third kappa shape index (κ3) is 4.75. The molecule has 32 heavy (non-hydrogen) atoms. The van der Waals surface area contributed by atoms with E-state index in [0.29, 0.717) is 10.5 Å². The molecule has 4 amide bonds. The number of dihydropyridines is 1. The smallest absolute Gasteiger partial charge is 0.380 e. The van der Waals surface area contributed by atoms with Gasteiger partial charge in [-0.05, 0) is 18.2 Å². The third-order valence-corrected chi connectivity index (χ3v) is 6.03. The molecule has 12 heteroatoms. The molecule has 2 aliphatic heterocycles. The Morgan fingerprint density at radius 1 is 1.34 bits per heavy atom. The van der Waals surface area contributed by atoms with Crippen molar-refractivity contribution in [3.63, 3.8) is 0 Å². The summed E-state index contributed by atoms with van der Waals surface area (Å²) in [6.45, 7) is 0.125. The van der Waals surface area contributed by atoms with Gasteiger partial charge in [0.1, 0.15) is 6.21 Å². The summed E-state index contributed by atoms with van der Waals surface area (Å²) in [4.78, 5) is 43.2. The molecule has 1 atom stereocenters. The number of urea groups is 1. The molecule has 1 aromatic rings. The molecule has 0 spiro atoms. The van der Waals surface area contributed by atoms with Gasteiger partial charge >= 0.3 is 18.1 Å². The number of ether oxygens (including phenoxy) is 1. The van der Waals surface area contributed by atoms with E-state index >= 15 is 0 Å². The Hall–Kier alpha value is -2.99. The lowest BCUT2D eigenvalue weighted by molar-refractivity contribution is -0.407. The van der Waals surface area contributed by atoms with Gasteiger partial charge in [0.2, 0.25) is 5.91 Å². The van der Waals surface area contributed by atoms with E-state index in [1.807, 2.05) is 0 Å². The van der Waals surface area contributed by atoms with Crippen molar-refractivity contribution < 1.29 is 36.9 Å². The number of nitrogens with one attached hydrogen (secondary N) is 1. The van der Waals surface area contributed by atoms with Crippen LogP contribution in [0.15, 0.2) is 39.7 Å². The first-order chi connectivity index (χ1) is 15.0. The maximum atomic E-state index is 12.9. The molecular formula is C20H20F3N4O4S+. The van der Waals surface area contributed by atoms with Crippen LogP contribution in [0, 0.1) is 5.92 Å². The van der Waals surface area contributed by atoms with Crippen LogP contribution in [0.1, 0.15) is 5.56 Å². The Morgan fingerprint density at radius 2 is 2.06 bits per heavy atom. The molecule has 0 aliphatic carbocycles. The van der Waals surface area contributed by atoms with Crippen LogP contribution in [0.3, 0.4) is 0 Å². The molecule has 3 rings (SSSR count). The fourth-order valence-corrected chi connectivity index (χ4v) is 4.28. The van der Waals surface area contributed by atoms with Crippen LogP contribution in [0.4, 0.5) is 23.7 Å². The van der Waals surface area contributed by atoms with Gasteiger partial charge in [0.15, 0.2) is 5.92 Å². The van der Waals surface area contributed by atoms with Gasteiger partial charge in [-0.15, -0.1) is 16.8 Å². The summed E-state index contributed by atoms with van der Waals surface area (Å²) in [6.07, 6.45) is -3.05. The molecule has 1 N–H and O–H groups in total. The van der Waals surface area contributed by atoms with E-state index in [1.165, 1.54) is 44.1 Å². The largest absolute Gasteiger partial charge is 0.445 e. The van der Waals surface area contributed by atoms with Crippen molar-refractivity contribution in [1.82, 2.24) is 4.90 Å². The Labute approximate surface area is 185 Å². The highest BCUT2D eigenvalue weighted by molar-refractivity contribution is 8.03. The number of methoxy groups -OCH3 is 1. The summed E-state index contributed by atoms with van der Waals surface area (Å²) in [5.74, 6) is -1.87. The van der Waals surface area contributed by atoms with Crippen LogP contribution < -0.4 is 5.32 Å². The zero-order chi connectivity index (χ0) is 23.6. The van der Waals surface area contributed by atoms with Crippen LogP contribution in [0.2, 0.25) is 0 Å². The molecule has 170 valence electrons. The number of carbonyl (C=O) groups excluding carboxylic acids is 3. The highest BCUT2D eigenvalue weighted by Crippen LogP contribution is 2.35. The number of hydrogen-bond acceptors (Lipinski definition) is 6. The highest BCUT2D eigenvalue weighted by Gasteiger charge is 2.48. The van der Waals surface area contributed by atoms with Crippen LogP contribution >= 0.6 is 11.8 Å². The molecule has 0 radical (unpaired) electrons. The van der Waals surface area contributed by atoms with Gasteiger partial charge in [0.05, 0.1) is 32.0 Å². The van der Waals surface area contributed by atoms with Crippen LogP contribution in [-0.4, -0.2) is 72.9 Å². The van der Waals surface area contributed by atoms with Crippen molar-refractivity contribution in [2.75, 3.05) is 38.9 Å². The second-order valence-corrected chi connectivity index (χ2v) is 8.04. The van der Waals surface area contributed by atoms with Crippen molar-refractivity contribution in [1.29, 1.82) is 0 Å². The number of fused-ring (bicyclic) bond motifs is 1. The van der Waals surface area contributed by atoms with E-state index in [-0.39, 0.29) is 23.9 Å². The predicted octanol–water partition coefficient (Wildman–Crippen LogP) is 2.61. The monoisotopic (exact) mass is 469 g/mol. The fraction of sp³-hybridized carbons (Fsp3) is 0.350. The van der Waals surface area contributed by atoms with Gasteiger partial charge in [-0.25, -0.2) is 4.79 Å². The lowest BCUT2D eigenvalue weighted by Crippen LogP contribution is -2.53. The SMILES string of the molecule is COCC1=C(SCC(=O)Nc2cccc(C(F)(F)F)c2)C2C(=O)N(C)C(=O)[N+](C)=C2N=C1. The maximum absolute atomic E-state index is 12.9. The summed E-state index contributed by atoms with van der Waals surface area (Å²) in [5, 5.41) is 2.43. The highest BCUT2D eigenvalue weighted by atomic mass is 32.2. The molecule has 0 bridgehead atoms. The molecule has 0 aromatic heterocycles. The van der Waals surface area contributed by atoms with Gasteiger partial charge in [0.25, 0.3) is 5.84 Å². The number of carbonyl (C=O) groups is 3. The number of amides is 4. The Morgan fingerprint density at radius 3 is 2.72 bits per heavy atom. The lowest BCUT2D eigenvalue weighted by atomic mass is 9.98. The number of nitrogens with zero attached hydrogens (tertiary/aromatic N) is 3. The molecule has 8 nitrogen and oxygen atoms in total. The fourth-order valence-electron chi connectivity index (χ4n) is 3.25. The first-order valence-corrected chi connectivity index (χ1v) is 10.3. The number of thioether (sulfide) groups is 1. The zero-order valence-corrected chi connectivity index (χ0v) is 18.2. The van der Waals surface area contributed by atoms with Gasteiger partial charge in [0, 0.05) is 23.3 Å². The number of hydrogen-bond donors (Lipinski definition) is 1. The first kappa shape index (κ1) is 23.7. The number of alkyl halides is 3. The molecular weight excluding hydrogens is 449 g/mol. The number of aliphatic imine (C=N–C) groups is 1. The predicted molar refractivity (Wildman–Crippen MR) is 113 cm³/mol. The van der Waals surface area contributed by atoms with Crippen LogP contribution in [-0.2, 0) is 20.5 Å². The van der Waals surface area contributed by atoms with Gasteiger partial charge in [-0.1, -0.05) is 6.07 Å². The number of anilines is 1. The van der Waals surface area contributed by atoms with Crippen LogP contribution in [0.25, 0.3) is 0 Å². The summed E-state index contributed by atoms with van der Waals surface area (Å²) in [7, 11) is 4.32. The zero-order valence-electron chi connectivity index (χ0n) is 17.4. The third-order valence-electron chi connectivity index (χ3n) is 4.82. The topological polar surface area (TPSA) is 91.1 Å². The van der Waals surface area contributed by atoms with E-state index in [0.717, 1.165) is 28.8 Å². The van der Waals surface area contributed by atoms with Crippen molar-refractivity contribution in [3.05, 3.63) is 40.3 Å². The minimum atomic E-state index is -4.53. The number of imide groups is 1. The minimum Gasteiger partial charge on any atom is -0.380 e. The molecule has 0 saturated heterocycles. The van der Waals surface area contributed by atoms with Crippen LogP contribution in [0.5, 0.6) is 0 Å². The molecule has 2 aliphatic rings. The number of benzene rings is 1. The number of rotatable bonds is 6. The molecule has 1 aromatic carbocycles. The van der Waals surface area contributed by atoms with E-state index < -0.39 is 35.5 Å². The first-order valence-electron chi connectivity index (χ1n) is 9.32. The van der Waals surface area contributed by atoms with Gasteiger partial charge in [-0.2, -0.15) is 22.6 Å². The quantitative estimate of drug-likeness (QED) is 0.647. The van der Waals surface area contributed by atoms with Crippen molar-refractivity contribution in [2.24, 2.45) is 10.9 Å². The Balaban J connectivity index is 1.81. The second kappa shape index (κ2) is 9.25. The van der Waals surface area contributed by atoms with Crippen molar-refractivity contribution >= 4 is 47.3 Å². The Bertz CT molecular complexity index is 1070. The van der Waals surface area contributed by atoms with Gasteiger partial charge in [-0.3, -0.25) is 9.59 Å². The summed E-state index contributed by atoms with van der Waals surface area (Å²) >= 11 is 1.05. The summed E-state index contributed by atoms with van der Waals surface area (Å²) < 4.78 is 45.1. The molecule has 2 heterocycles. The average molecular weight is 469 g/mol. The lowest BCUT2D eigenvalue weighted by Gasteiger charge is -2.28. The molecule has 1 unspecified atom stereocenters. The van der Waals surface area contributed by atoms with Gasteiger partial charge < -0.3 is 10.1 Å². The standard InChI is InChI=1S/C20H19F3N4O4S/c1-26-17-15(18(29)27(2)19(26)30)16(11(8-24-17)9-31-3)32-10-14(28)25-13-6-4-5-12(7-13)20(21,22)23/h4-8,15H,9-10H2,1-3H3/p+1. The van der Waals surface area contributed by atoms with Crippen molar-refractivity contribution in [3.8, 4) is 0 Å². The molecule has 0 fully saturated rings. The van der Waals surface area contributed by atoms with E-state index in [9.17, 15) is 27.6 Å². The molecule has 0 saturated carbocycles. The van der Waals surface area contributed by atoms with E-state index in [4.69, 9.17) is 4.74 Å². The average Bonchev–Trinajstić information content (AvgIpc) is 2.74. The maximum Gasteiger partial charge on any atom is 0.445 e. The number of halogens is 3. The summed E-state index contributed by atoms with van der Waals surface area (Å²) in [5.41, 5.74) is -0.297. The normalized spacial score (nSPS) is 18.9. The minimum absolute atomic E-state index is 0.00721. The van der Waals surface area contributed by atoms with Crippen molar-refractivity contribution in [2.45, 2.75) is 6.18 Å². The number of amidine groups is 1. The van der Waals surface area contributed by atoms with E-state index in [2.05, 4.69) is 10.3 Å². The van der Waals surface area contributed by atoms with E-state index in [1.54, 1.807) is 0 Å². The summed E-state index contributed by atoms with van der Waals surface area (Å²) in [6, 6.07) is 3.78.